The normalized spacial score (nSPS) is 19.6. The van der Waals surface area contributed by atoms with Gasteiger partial charge in [0.2, 0.25) is 0 Å². The van der Waals surface area contributed by atoms with E-state index in [0.717, 1.165) is 25.9 Å². The Kier molecular flexibility index (Phi) is 4.61. The Hall–Kier alpha value is -1.06. The van der Waals surface area contributed by atoms with E-state index in [4.69, 9.17) is 21.1 Å². The summed E-state index contributed by atoms with van der Waals surface area (Å²) in [6.45, 7) is 0.766. The zero-order valence-electron chi connectivity index (χ0n) is 10.4. The second-order valence-electron chi connectivity index (χ2n) is 4.47. The maximum atomic E-state index is 12.1. The summed E-state index contributed by atoms with van der Waals surface area (Å²) in [6, 6.07) is 5.11. The van der Waals surface area contributed by atoms with Crippen LogP contribution < -0.4 is 4.74 Å². The summed E-state index contributed by atoms with van der Waals surface area (Å²) in [7, 11) is 1.54. The second-order valence-corrected chi connectivity index (χ2v) is 4.87. The van der Waals surface area contributed by atoms with Crippen LogP contribution in [0, 0.1) is 0 Å². The smallest absolute Gasteiger partial charge is 0.165 e. The van der Waals surface area contributed by atoms with Crippen LogP contribution in [0.1, 0.15) is 36.0 Å². The number of methoxy groups -OCH3 is 1. The number of carbonyl (C=O) groups excluding carboxylic acids is 1. The molecule has 0 saturated carbocycles. The first kappa shape index (κ1) is 13.4. The molecule has 1 aliphatic heterocycles. The van der Waals surface area contributed by atoms with Gasteiger partial charge >= 0.3 is 0 Å². The quantitative estimate of drug-likeness (QED) is 0.784. The summed E-state index contributed by atoms with van der Waals surface area (Å²) in [6.07, 6.45) is 3.70. The van der Waals surface area contributed by atoms with Crippen molar-refractivity contribution >= 4 is 17.4 Å². The van der Waals surface area contributed by atoms with Gasteiger partial charge in [-0.2, -0.15) is 0 Å². The van der Waals surface area contributed by atoms with Crippen LogP contribution in [0.4, 0.5) is 0 Å². The van der Waals surface area contributed by atoms with Gasteiger partial charge in [0, 0.05) is 18.6 Å². The van der Waals surface area contributed by atoms with Crippen molar-refractivity contribution < 1.29 is 14.3 Å². The lowest BCUT2D eigenvalue weighted by Gasteiger charge is -2.21. The van der Waals surface area contributed by atoms with Crippen LogP contribution in [-0.2, 0) is 4.74 Å². The van der Waals surface area contributed by atoms with E-state index in [9.17, 15) is 4.79 Å². The molecule has 1 unspecified atom stereocenters. The van der Waals surface area contributed by atoms with Gasteiger partial charge < -0.3 is 9.47 Å². The SMILES string of the molecule is COc1cc(C(=O)CC2CCCCO2)ccc1Cl. The van der Waals surface area contributed by atoms with Crippen molar-refractivity contribution in [3.05, 3.63) is 28.8 Å². The van der Waals surface area contributed by atoms with Gasteiger partial charge in [-0.3, -0.25) is 4.79 Å². The van der Waals surface area contributed by atoms with Crippen LogP contribution in [-0.4, -0.2) is 25.6 Å². The molecule has 18 heavy (non-hydrogen) atoms. The molecule has 0 spiro atoms. The highest BCUT2D eigenvalue weighted by atomic mass is 35.5. The standard InChI is InChI=1S/C14H17ClO3/c1-17-14-8-10(5-6-12(14)15)13(16)9-11-4-2-3-7-18-11/h5-6,8,11H,2-4,7,9H2,1H3. The van der Waals surface area contributed by atoms with Crippen LogP contribution in [0.15, 0.2) is 18.2 Å². The zero-order valence-corrected chi connectivity index (χ0v) is 11.2. The van der Waals surface area contributed by atoms with E-state index in [-0.39, 0.29) is 11.9 Å². The van der Waals surface area contributed by atoms with Crippen LogP contribution in [0.3, 0.4) is 0 Å². The molecule has 4 heteroatoms. The lowest BCUT2D eigenvalue weighted by Crippen LogP contribution is -2.22. The Morgan fingerprint density at radius 3 is 3.00 bits per heavy atom. The summed E-state index contributed by atoms with van der Waals surface area (Å²) in [5.41, 5.74) is 0.630. The predicted octanol–water partition coefficient (Wildman–Crippen LogP) is 3.49. The molecule has 0 amide bonds. The van der Waals surface area contributed by atoms with Crippen molar-refractivity contribution in [2.24, 2.45) is 0 Å². The van der Waals surface area contributed by atoms with Crippen molar-refractivity contribution in [1.82, 2.24) is 0 Å². The van der Waals surface area contributed by atoms with Crippen molar-refractivity contribution in [1.29, 1.82) is 0 Å². The number of carbonyl (C=O) groups is 1. The lowest BCUT2D eigenvalue weighted by molar-refractivity contribution is 0.0129. The molecule has 0 aromatic heterocycles. The van der Waals surface area contributed by atoms with Gasteiger partial charge in [0.1, 0.15) is 5.75 Å². The van der Waals surface area contributed by atoms with E-state index in [0.29, 0.717) is 22.8 Å². The topological polar surface area (TPSA) is 35.5 Å². The molecule has 1 aromatic carbocycles. The molecule has 0 aliphatic carbocycles. The fraction of sp³-hybridized carbons (Fsp3) is 0.500. The Morgan fingerprint density at radius 2 is 2.33 bits per heavy atom. The van der Waals surface area contributed by atoms with Crippen molar-refractivity contribution in [2.75, 3.05) is 13.7 Å². The van der Waals surface area contributed by atoms with Crippen molar-refractivity contribution in [2.45, 2.75) is 31.8 Å². The Bertz CT molecular complexity index is 425. The highest BCUT2D eigenvalue weighted by Crippen LogP contribution is 2.26. The molecule has 98 valence electrons. The Labute approximate surface area is 112 Å². The van der Waals surface area contributed by atoms with Crippen LogP contribution >= 0.6 is 11.6 Å². The van der Waals surface area contributed by atoms with E-state index < -0.39 is 0 Å². The number of ether oxygens (including phenoxy) is 2. The number of benzene rings is 1. The molecule has 0 bridgehead atoms. The Balaban J connectivity index is 2.03. The molecule has 2 rings (SSSR count). The molecule has 1 aliphatic rings. The molecular formula is C14H17ClO3. The van der Waals surface area contributed by atoms with Gasteiger partial charge in [-0.25, -0.2) is 0 Å². The highest BCUT2D eigenvalue weighted by molar-refractivity contribution is 6.32. The van der Waals surface area contributed by atoms with Gasteiger partial charge in [-0.15, -0.1) is 0 Å². The van der Waals surface area contributed by atoms with E-state index >= 15 is 0 Å². The average molecular weight is 269 g/mol. The van der Waals surface area contributed by atoms with E-state index in [1.807, 2.05) is 0 Å². The summed E-state index contributed by atoms with van der Waals surface area (Å²) in [5.74, 6) is 0.615. The molecule has 1 atom stereocenters. The first-order chi connectivity index (χ1) is 8.70. The number of Topliss-reactive ketones (excluding diaryl/α,β-unsaturated/α-hetero) is 1. The zero-order chi connectivity index (χ0) is 13.0. The third-order valence-corrected chi connectivity index (χ3v) is 3.47. The third-order valence-electron chi connectivity index (χ3n) is 3.16. The first-order valence-corrected chi connectivity index (χ1v) is 6.57. The number of hydrogen-bond acceptors (Lipinski definition) is 3. The summed E-state index contributed by atoms with van der Waals surface area (Å²) < 4.78 is 10.7. The van der Waals surface area contributed by atoms with E-state index in [2.05, 4.69) is 0 Å². The van der Waals surface area contributed by atoms with Crippen LogP contribution in [0.5, 0.6) is 5.75 Å². The Morgan fingerprint density at radius 1 is 1.50 bits per heavy atom. The number of ketones is 1. The van der Waals surface area contributed by atoms with Gasteiger partial charge in [0.25, 0.3) is 0 Å². The molecule has 0 radical (unpaired) electrons. The van der Waals surface area contributed by atoms with Crippen LogP contribution in [0.25, 0.3) is 0 Å². The average Bonchev–Trinajstić information content (AvgIpc) is 2.40. The minimum Gasteiger partial charge on any atom is -0.495 e. The van der Waals surface area contributed by atoms with Gasteiger partial charge in [-0.05, 0) is 37.5 Å². The fourth-order valence-corrected chi connectivity index (χ4v) is 2.32. The molecular weight excluding hydrogens is 252 g/mol. The molecule has 0 N–H and O–H groups in total. The van der Waals surface area contributed by atoms with Gasteiger partial charge in [0.05, 0.1) is 18.2 Å². The predicted molar refractivity (Wildman–Crippen MR) is 70.5 cm³/mol. The maximum absolute atomic E-state index is 12.1. The molecule has 1 aromatic rings. The number of hydrogen-bond donors (Lipinski definition) is 0. The lowest BCUT2D eigenvalue weighted by atomic mass is 10.00. The largest absolute Gasteiger partial charge is 0.495 e. The number of rotatable bonds is 4. The molecule has 1 fully saturated rings. The summed E-state index contributed by atoms with van der Waals surface area (Å²) >= 11 is 5.93. The maximum Gasteiger partial charge on any atom is 0.165 e. The van der Waals surface area contributed by atoms with Gasteiger partial charge in [-0.1, -0.05) is 11.6 Å². The van der Waals surface area contributed by atoms with Crippen molar-refractivity contribution in [3.8, 4) is 5.75 Å². The second kappa shape index (κ2) is 6.21. The van der Waals surface area contributed by atoms with Gasteiger partial charge in [0.15, 0.2) is 5.78 Å². The minimum atomic E-state index is 0.0629. The first-order valence-electron chi connectivity index (χ1n) is 6.19. The van der Waals surface area contributed by atoms with E-state index in [1.165, 1.54) is 0 Å². The molecule has 1 heterocycles. The minimum absolute atomic E-state index is 0.0629. The summed E-state index contributed by atoms with van der Waals surface area (Å²) in [4.78, 5) is 12.1. The summed E-state index contributed by atoms with van der Waals surface area (Å²) in [5, 5.41) is 0.517. The van der Waals surface area contributed by atoms with E-state index in [1.54, 1.807) is 25.3 Å². The monoisotopic (exact) mass is 268 g/mol. The number of halogens is 1. The highest BCUT2D eigenvalue weighted by Gasteiger charge is 2.19. The van der Waals surface area contributed by atoms with Crippen molar-refractivity contribution in [3.63, 3.8) is 0 Å². The third kappa shape index (κ3) is 3.24. The van der Waals surface area contributed by atoms with Crippen LogP contribution in [0.2, 0.25) is 5.02 Å². The fourth-order valence-electron chi connectivity index (χ4n) is 2.13. The molecule has 1 saturated heterocycles. The molecule has 3 nitrogen and oxygen atoms in total.